The maximum atomic E-state index is 13.4. The van der Waals surface area contributed by atoms with Gasteiger partial charge in [-0.1, -0.05) is 25.0 Å². The Morgan fingerprint density at radius 2 is 2.26 bits per heavy atom. The molecule has 2 amide bonds. The molecular formula is C21H34FN3O2. The molecule has 0 bridgehead atoms. The third kappa shape index (κ3) is 8.26. The Balaban J connectivity index is 1.68. The Morgan fingerprint density at radius 1 is 1.41 bits per heavy atom. The first-order chi connectivity index (χ1) is 13.1. The smallest absolute Gasteiger partial charge is 0.317 e. The van der Waals surface area contributed by atoms with E-state index in [2.05, 4.69) is 5.32 Å². The topological polar surface area (TPSA) is 67.6 Å². The number of nitrogens with two attached hydrogens (primary N) is 1. The Hall–Kier alpha value is -1.66. The van der Waals surface area contributed by atoms with E-state index in [1.807, 2.05) is 11.0 Å². The largest absolute Gasteiger partial charge is 0.385 e. The Labute approximate surface area is 162 Å². The van der Waals surface area contributed by atoms with Crippen LogP contribution in [0.5, 0.6) is 0 Å². The Morgan fingerprint density at radius 3 is 3.04 bits per heavy atom. The SMILES string of the molecule is COCCCCCC(N)CNC(=O)N1CCC[C@@H](Cc2cccc(F)c2)C1. The van der Waals surface area contributed by atoms with E-state index < -0.39 is 0 Å². The van der Waals surface area contributed by atoms with Crippen LogP contribution in [0.25, 0.3) is 0 Å². The molecule has 1 heterocycles. The summed E-state index contributed by atoms with van der Waals surface area (Å²) in [5.41, 5.74) is 7.11. The lowest BCUT2D eigenvalue weighted by molar-refractivity contribution is 0.164. The van der Waals surface area contributed by atoms with Gasteiger partial charge in [-0.05, 0) is 55.7 Å². The molecule has 1 aliphatic heterocycles. The molecule has 1 aromatic carbocycles. The van der Waals surface area contributed by atoms with Crippen LogP contribution < -0.4 is 11.1 Å². The minimum absolute atomic E-state index is 0.00984. The lowest BCUT2D eigenvalue weighted by Crippen LogP contribution is -2.48. The average molecular weight is 380 g/mol. The molecular weight excluding hydrogens is 345 g/mol. The highest BCUT2D eigenvalue weighted by Crippen LogP contribution is 2.21. The quantitative estimate of drug-likeness (QED) is 0.613. The number of benzene rings is 1. The van der Waals surface area contributed by atoms with Gasteiger partial charge < -0.3 is 20.7 Å². The van der Waals surface area contributed by atoms with Crippen molar-refractivity contribution in [2.45, 2.75) is 51.0 Å². The predicted octanol–water partition coefficient (Wildman–Crippen LogP) is 3.32. The highest BCUT2D eigenvalue weighted by molar-refractivity contribution is 5.74. The lowest BCUT2D eigenvalue weighted by Gasteiger charge is -2.33. The number of unbranched alkanes of at least 4 members (excludes halogenated alkanes) is 2. The van der Waals surface area contributed by atoms with Gasteiger partial charge in [0.15, 0.2) is 0 Å². The second kappa shape index (κ2) is 11.9. The van der Waals surface area contributed by atoms with E-state index in [4.69, 9.17) is 10.5 Å². The second-order valence-electron chi connectivity index (χ2n) is 7.58. The third-order valence-corrected chi connectivity index (χ3v) is 5.16. The fourth-order valence-electron chi connectivity index (χ4n) is 3.68. The van der Waals surface area contributed by atoms with Crippen LogP contribution >= 0.6 is 0 Å². The highest BCUT2D eigenvalue weighted by atomic mass is 19.1. The van der Waals surface area contributed by atoms with Gasteiger partial charge in [0.25, 0.3) is 0 Å². The Kier molecular flexibility index (Phi) is 9.56. The summed E-state index contributed by atoms with van der Waals surface area (Å²) in [6.07, 6.45) is 6.98. The molecule has 0 aliphatic carbocycles. The van der Waals surface area contributed by atoms with E-state index in [1.165, 1.54) is 6.07 Å². The van der Waals surface area contributed by atoms with Crippen LogP contribution in [-0.2, 0) is 11.2 Å². The number of ether oxygens (including phenoxy) is 1. The van der Waals surface area contributed by atoms with Crippen molar-refractivity contribution in [1.29, 1.82) is 0 Å². The van der Waals surface area contributed by atoms with Gasteiger partial charge in [0.05, 0.1) is 0 Å². The van der Waals surface area contributed by atoms with Crippen LogP contribution in [0.1, 0.15) is 44.1 Å². The van der Waals surface area contributed by atoms with E-state index in [-0.39, 0.29) is 17.9 Å². The molecule has 0 aromatic heterocycles. The summed E-state index contributed by atoms with van der Waals surface area (Å²) in [6, 6.07) is 6.70. The van der Waals surface area contributed by atoms with Gasteiger partial charge in [0.1, 0.15) is 5.82 Å². The summed E-state index contributed by atoms with van der Waals surface area (Å²) in [4.78, 5) is 14.3. The first-order valence-corrected chi connectivity index (χ1v) is 10.1. The second-order valence-corrected chi connectivity index (χ2v) is 7.58. The minimum Gasteiger partial charge on any atom is -0.385 e. The lowest BCUT2D eigenvalue weighted by atomic mass is 9.91. The van der Waals surface area contributed by atoms with Crippen molar-refractivity contribution >= 4 is 6.03 Å². The number of likely N-dealkylation sites (tertiary alicyclic amines) is 1. The normalized spacial score (nSPS) is 18.3. The summed E-state index contributed by atoms with van der Waals surface area (Å²) in [5, 5.41) is 2.98. The first-order valence-electron chi connectivity index (χ1n) is 10.1. The molecule has 1 unspecified atom stereocenters. The fourth-order valence-corrected chi connectivity index (χ4v) is 3.68. The molecule has 27 heavy (non-hydrogen) atoms. The van der Waals surface area contributed by atoms with Gasteiger partial charge in [-0.3, -0.25) is 0 Å². The maximum Gasteiger partial charge on any atom is 0.317 e. The Bertz CT molecular complexity index is 570. The van der Waals surface area contributed by atoms with E-state index in [9.17, 15) is 9.18 Å². The molecule has 0 spiro atoms. The standard InChI is InChI=1S/C21H34FN3O2/c1-27-12-4-2-3-10-20(23)15-24-21(26)25-11-6-8-18(16-25)13-17-7-5-9-19(22)14-17/h5,7,9,14,18,20H,2-4,6,8,10-13,15-16,23H2,1H3,(H,24,26)/t18-,20?/m0/s1. The average Bonchev–Trinajstić information content (AvgIpc) is 2.66. The molecule has 0 saturated carbocycles. The number of hydrogen-bond acceptors (Lipinski definition) is 3. The minimum atomic E-state index is -0.200. The van der Waals surface area contributed by atoms with Crippen molar-refractivity contribution in [3.63, 3.8) is 0 Å². The van der Waals surface area contributed by atoms with Crippen molar-refractivity contribution in [3.8, 4) is 0 Å². The summed E-state index contributed by atoms with van der Waals surface area (Å²) < 4.78 is 18.4. The predicted molar refractivity (Wildman–Crippen MR) is 106 cm³/mol. The van der Waals surface area contributed by atoms with Crippen molar-refractivity contribution in [1.82, 2.24) is 10.2 Å². The number of hydrogen-bond donors (Lipinski definition) is 2. The summed E-state index contributed by atoms with van der Waals surface area (Å²) in [6.45, 7) is 2.79. The van der Waals surface area contributed by atoms with Crippen LogP contribution in [0.2, 0.25) is 0 Å². The zero-order valence-corrected chi connectivity index (χ0v) is 16.5. The number of rotatable bonds is 10. The number of amides is 2. The van der Waals surface area contributed by atoms with E-state index in [0.717, 1.165) is 63.7 Å². The molecule has 2 atom stereocenters. The van der Waals surface area contributed by atoms with Crippen LogP contribution in [-0.4, -0.2) is 50.3 Å². The number of halogens is 1. The van der Waals surface area contributed by atoms with Crippen LogP contribution in [0, 0.1) is 11.7 Å². The van der Waals surface area contributed by atoms with Gasteiger partial charge in [-0.15, -0.1) is 0 Å². The summed E-state index contributed by atoms with van der Waals surface area (Å²) >= 11 is 0. The molecule has 1 aromatic rings. The molecule has 2 rings (SSSR count). The molecule has 152 valence electrons. The zero-order valence-electron chi connectivity index (χ0n) is 16.5. The molecule has 1 aliphatic rings. The third-order valence-electron chi connectivity index (χ3n) is 5.16. The number of carbonyl (C=O) groups excluding carboxylic acids is 1. The molecule has 1 fully saturated rings. The number of methoxy groups -OCH3 is 1. The fraction of sp³-hybridized carbons (Fsp3) is 0.667. The molecule has 6 heteroatoms. The number of urea groups is 1. The number of nitrogens with zero attached hydrogens (tertiary/aromatic N) is 1. The molecule has 0 radical (unpaired) electrons. The number of nitrogens with one attached hydrogen (secondary N) is 1. The van der Waals surface area contributed by atoms with Gasteiger partial charge >= 0.3 is 6.03 Å². The van der Waals surface area contributed by atoms with E-state index >= 15 is 0 Å². The van der Waals surface area contributed by atoms with Crippen LogP contribution in [0.4, 0.5) is 9.18 Å². The number of piperidine rings is 1. The zero-order chi connectivity index (χ0) is 19.5. The number of carbonyl (C=O) groups is 1. The van der Waals surface area contributed by atoms with Gasteiger partial charge in [-0.2, -0.15) is 0 Å². The summed E-state index contributed by atoms with van der Waals surface area (Å²) in [7, 11) is 1.71. The molecule has 3 N–H and O–H groups in total. The van der Waals surface area contributed by atoms with Crippen molar-refractivity contribution < 1.29 is 13.9 Å². The molecule has 1 saturated heterocycles. The van der Waals surface area contributed by atoms with Gasteiger partial charge in [0, 0.05) is 39.4 Å². The van der Waals surface area contributed by atoms with E-state index in [1.54, 1.807) is 19.2 Å². The van der Waals surface area contributed by atoms with E-state index in [0.29, 0.717) is 19.0 Å². The van der Waals surface area contributed by atoms with Crippen LogP contribution in [0.3, 0.4) is 0 Å². The van der Waals surface area contributed by atoms with Crippen molar-refractivity contribution in [3.05, 3.63) is 35.6 Å². The monoisotopic (exact) mass is 379 g/mol. The van der Waals surface area contributed by atoms with Crippen LogP contribution in [0.15, 0.2) is 24.3 Å². The summed E-state index contributed by atoms with van der Waals surface area (Å²) in [5.74, 6) is 0.176. The highest BCUT2D eigenvalue weighted by Gasteiger charge is 2.24. The maximum absolute atomic E-state index is 13.4. The van der Waals surface area contributed by atoms with Gasteiger partial charge in [-0.25, -0.2) is 9.18 Å². The van der Waals surface area contributed by atoms with Gasteiger partial charge in [0.2, 0.25) is 0 Å². The van der Waals surface area contributed by atoms with Crippen molar-refractivity contribution in [2.24, 2.45) is 11.7 Å². The molecule has 5 nitrogen and oxygen atoms in total. The van der Waals surface area contributed by atoms with Crippen molar-refractivity contribution in [2.75, 3.05) is 33.4 Å². The first kappa shape index (κ1) is 21.6.